The van der Waals surface area contributed by atoms with Gasteiger partial charge >= 0.3 is 0 Å². The van der Waals surface area contributed by atoms with E-state index in [1.807, 2.05) is 41.8 Å². The number of hydrogen-bond acceptors (Lipinski definition) is 5. The molecule has 3 aromatic rings. The molecule has 7 heteroatoms. The maximum atomic E-state index is 13.1. The number of rotatable bonds is 8. The number of hydrogen-bond donors (Lipinski definition) is 0. The first-order valence-corrected chi connectivity index (χ1v) is 9.61. The minimum absolute atomic E-state index is 0.0301. The first-order chi connectivity index (χ1) is 13.6. The van der Waals surface area contributed by atoms with E-state index in [1.54, 1.807) is 41.5 Å². The zero-order chi connectivity index (χ0) is 19.9. The van der Waals surface area contributed by atoms with Gasteiger partial charge in [-0.3, -0.25) is 14.9 Å². The molecule has 0 unspecified atom stereocenters. The Hall–Kier alpha value is -3.19. The molecule has 28 heavy (non-hydrogen) atoms. The Labute approximate surface area is 167 Å². The molecule has 1 aromatic heterocycles. The molecule has 0 fully saturated rings. The van der Waals surface area contributed by atoms with E-state index in [0.29, 0.717) is 24.4 Å². The molecule has 2 aromatic carbocycles. The second-order valence-electron chi connectivity index (χ2n) is 6.20. The van der Waals surface area contributed by atoms with Gasteiger partial charge in [-0.1, -0.05) is 42.5 Å². The second kappa shape index (κ2) is 9.14. The molecule has 0 aliphatic heterocycles. The molecule has 0 spiro atoms. The van der Waals surface area contributed by atoms with Crippen LogP contribution < -0.4 is 4.74 Å². The Kier molecular flexibility index (Phi) is 6.39. The van der Waals surface area contributed by atoms with E-state index in [1.165, 1.54) is 6.07 Å². The van der Waals surface area contributed by atoms with Gasteiger partial charge < -0.3 is 9.64 Å². The lowest BCUT2D eigenvalue weighted by molar-refractivity contribution is -0.385. The largest absolute Gasteiger partial charge is 0.496 e. The van der Waals surface area contributed by atoms with Gasteiger partial charge in [0.2, 0.25) is 5.91 Å². The topological polar surface area (TPSA) is 72.7 Å². The highest BCUT2D eigenvalue weighted by atomic mass is 32.1. The van der Waals surface area contributed by atoms with E-state index in [4.69, 9.17) is 4.74 Å². The van der Waals surface area contributed by atoms with Gasteiger partial charge in [0.25, 0.3) is 5.69 Å². The van der Waals surface area contributed by atoms with Crippen LogP contribution in [0.5, 0.6) is 5.75 Å². The zero-order valence-electron chi connectivity index (χ0n) is 15.4. The summed E-state index contributed by atoms with van der Waals surface area (Å²) in [4.78, 5) is 26.7. The number of methoxy groups -OCH3 is 1. The highest BCUT2D eigenvalue weighted by Crippen LogP contribution is 2.24. The fourth-order valence-electron chi connectivity index (χ4n) is 2.98. The van der Waals surface area contributed by atoms with Crippen molar-refractivity contribution in [2.45, 2.75) is 19.5 Å². The van der Waals surface area contributed by atoms with Crippen molar-refractivity contribution in [1.82, 2.24) is 4.90 Å². The fourth-order valence-corrected chi connectivity index (χ4v) is 3.69. The van der Waals surface area contributed by atoms with Crippen molar-refractivity contribution in [3.63, 3.8) is 0 Å². The van der Waals surface area contributed by atoms with Crippen molar-refractivity contribution in [3.8, 4) is 5.75 Å². The fraction of sp³-hybridized carbons (Fsp3) is 0.190. The van der Waals surface area contributed by atoms with Gasteiger partial charge in [0.1, 0.15) is 5.75 Å². The Morgan fingerprint density at radius 3 is 2.43 bits per heavy atom. The molecule has 0 N–H and O–H groups in total. The summed E-state index contributed by atoms with van der Waals surface area (Å²) in [6, 6.07) is 17.8. The first kappa shape index (κ1) is 19.6. The minimum Gasteiger partial charge on any atom is -0.496 e. The molecule has 6 nitrogen and oxygen atoms in total. The molecule has 0 saturated carbocycles. The number of ether oxygens (including phenoxy) is 1. The number of benzene rings is 2. The number of para-hydroxylation sites is 2. The highest BCUT2D eigenvalue weighted by molar-refractivity contribution is 7.09. The summed E-state index contributed by atoms with van der Waals surface area (Å²) in [5.74, 6) is 0.533. The Bertz CT molecular complexity index is 957. The van der Waals surface area contributed by atoms with Gasteiger partial charge in [-0.05, 0) is 17.5 Å². The number of nitro benzene ring substituents is 1. The van der Waals surface area contributed by atoms with Crippen LogP contribution in [0.25, 0.3) is 0 Å². The standard InChI is InChI=1S/C21H20N2O4S/c1-27-20-11-5-3-8-17(20)14-22(15-18-9-6-12-28-18)21(24)13-16-7-2-4-10-19(16)23(25)26/h2-12H,13-15H2,1H3. The predicted octanol–water partition coefficient (Wildman–Crippen LogP) is 4.44. The van der Waals surface area contributed by atoms with E-state index < -0.39 is 4.92 Å². The molecule has 144 valence electrons. The molecule has 0 saturated heterocycles. The highest BCUT2D eigenvalue weighted by Gasteiger charge is 2.21. The molecular weight excluding hydrogens is 376 g/mol. The van der Waals surface area contributed by atoms with E-state index in [-0.39, 0.29) is 18.0 Å². The first-order valence-electron chi connectivity index (χ1n) is 8.73. The summed E-state index contributed by atoms with van der Waals surface area (Å²) in [6.45, 7) is 0.802. The summed E-state index contributed by atoms with van der Waals surface area (Å²) in [6.07, 6.45) is -0.0301. The molecular formula is C21H20N2O4S. The third kappa shape index (κ3) is 4.75. The van der Waals surface area contributed by atoms with Gasteiger partial charge in [-0.15, -0.1) is 11.3 Å². The van der Waals surface area contributed by atoms with Crippen LogP contribution in [0, 0.1) is 10.1 Å². The number of nitro groups is 1. The minimum atomic E-state index is -0.452. The van der Waals surface area contributed by atoms with E-state index in [0.717, 1.165) is 10.4 Å². The van der Waals surface area contributed by atoms with Crippen LogP contribution in [0.1, 0.15) is 16.0 Å². The molecule has 3 rings (SSSR count). The summed E-state index contributed by atoms with van der Waals surface area (Å²) >= 11 is 1.57. The van der Waals surface area contributed by atoms with Crippen molar-refractivity contribution in [1.29, 1.82) is 0 Å². The number of amides is 1. The monoisotopic (exact) mass is 396 g/mol. The van der Waals surface area contributed by atoms with Crippen LogP contribution in [0.15, 0.2) is 66.0 Å². The van der Waals surface area contributed by atoms with Gasteiger partial charge in [-0.25, -0.2) is 0 Å². The van der Waals surface area contributed by atoms with Gasteiger partial charge in [0.15, 0.2) is 0 Å². The SMILES string of the molecule is COc1ccccc1CN(Cc1cccs1)C(=O)Cc1ccccc1[N+](=O)[O-]. The molecule has 0 radical (unpaired) electrons. The lowest BCUT2D eigenvalue weighted by Gasteiger charge is -2.23. The average molecular weight is 396 g/mol. The van der Waals surface area contributed by atoms with E-state index >= 15 is 0 Å². The Balaban J connectivity index is 1.86. The molecule has 0 aliphatic rings. The quantitative estimate of drug-likeness (QED) is 0.417. The Morgan fingerprint density at radius 2 is 1.75 bits per heavy atom. The van der Waals surface area contributed by atoms with E-state index in [9.17, 15) is 14.9 Å². The molecule has 0 aliphatic carbocycles. The van der Waals surface area contributed by atoms with Crippen LogP contribution >= 0.6 is 11.3 Å². The van der Waals surface area contributed by atoms with Crippen molar-refractivity contribution in [3.05, 3.63) is 92.2 Å². The zero-order valence-corrected chi connectivity index (χ0v) is 16.2. The number of thiophene rings is 1. The molecule has 1 heterocycles. The predicted molar refractivity (Wildman–Crippen MR) is 108 cm³/mol. The molecule has 1 amide bonds. The van der Waals surface area contributed by atoms with Crippen molar-refractivity contribution < 1.29 is 14.5 Å². The summed E-state index contributed by atoms with van der Waals surface area (Å²) in [7, 11) is 1.59. The van der Waals surface area contributed by atoms with Gasteiger partial charge in [0, 0.05) is 28.6 Å². The number of nitrogens with zero attached hydrogens (tertiary/aromatic N) is 2. The van der Waals surface area contributed by atoms with Crippen LogP contribution in [-0.4, -0.2) is 22.8 Å². The maximum Gasteiger partial charge on any atom is 0.273 e. The third-order valence-corrected chi connectivity index (χ3v) is 5.22. The number of carbonyl (C=O) groups excluding carboxylic acids is 1. The maximum absolute atomic E-state index is 13.1. The third-order valence-electron chi connectivity index (χ3n) is 4.36. The summed E-state index contributed by atoms with van der Waals surface area (Å²) in [5, 5.41) is 13.2. The normalized spacial score (nSPS) is 10.5. The summed E-state index contributed by atoms with van der Waals surface area (Å²) in [5.41, 5.74) is 1.26. The van der Waals surface area contributed by atoms with Crippen LogP contribution in [-0.2, 0) is 24.3 Å². The Morgan fingerprint density at radius 1 is 1.04 bits per heavy atom. The van der Waals surface area contributed by atoms with Crippen molar-refractivity contribution >= 4 is 22.9 Å². The van der Waals surface area contributed by atoms with Crippen LogP contribution in [0.2, 0.25) is 0 Å². The van der Waals surface area contributed by atoms with E-state index in [2.05, 4.69) is 0 Å². The molecule has 0 atom stereocenters. The van der Waals surface area contributed by atoms with Gasteiger partial charge in [-0.2, -0.15) is 0 Å². The van der Waals surface area contributed by atoms with Gasteiger partial charge in [0.05, 0.1) is 25.0 Å². The lowest BCUT2D eigenvalue weighted by atomic mass is 10.1. The van der Waals surface area contributed by atoms with Crippen molar-refractivity contribution in [2.75, 3.05) is 7.11 Å². The smallest absolute Gasteiger partial charge is 0.273 e. The number of carbonyl (C=O) groups is 1. The molecule has 0 bridgehead atoms. The average Bonchev–Trinajstić information content (AvgIpc) is 3.21. The van der Waals surface area contributed by atoms with Crippen molar-refractivity contribution in [2.24, 2.45) is 0 Å². The van der Waals surface area contributed by atoms with Crippen LogP contribution in [0.4, 0.5) is 5.69 Å². The lowest BCUT2D eigenvalue weighted by Crippen LogP contribution is -2.31. The van der Waals surface area contributed by atoms with Crippen LogP contribution in [0.3, 0.4) is 0 Å². The summed E-state index contributed by atoms with van der Waals surface area (Å²) < 4.78 is 5.41. The second-order valence-corrected chi connectivity index (χ2v) is 7.24.